The Morgan fingerprint density at radius 3 is 2.48 bits per heavy atom. The Balaban J connectivity index is 1.66. The molecule has 0 radical (unpaired) electrons. The molecule has 0 spiro atoms. The van der Waals surface area contributed by atoms with Crippen molar-refractivity contribution in [1.29, 1.82) is 0 Å². The smallest absolute Gasteiger partial charge is 0.222 e. The summed E-state index contributed by atoms with van der Waals surface area (Å²) < 4.78 is 2.35. The zero-order valence-corrected chi connectivity index (χ0v) is 19.2. The molecule has 4 nitrogen and oxygen atoms in total. The molecule has 1 amide bonds. The van der Waals surface area contributed by atoms with Gasteiger partial charge in [0.05, 0.1) is 0 Å². The summed E-state index contributed by atoms with van der Waals surface area (Å²) in [6.45, 7) is 9.77. The van der Waals surface area contributed by atoms with Crippen LogP contribution in [-0.2, 0) is 4.79 Å². The van der Waals surface area contributed by atoms with E-state index in [-0.39, 0.29) is 0 Å². The van der Waals surface area contributed by atoms with Gasteiger partial charge in [0.2, 0.25) is 5.91 Å². The number of rotatable bonds is 7. The first kappa shape index (κ1) is 22.1. The monoisotopic (exact) mass is 429 g/mol. The molecule has 2 aromatic carbocycles. The van der Waals surface area contributed by atoms with Crippen molar-refractivity contribution < 1.29 is 4.79 Å². The highest BCUT2D eigenvalue weighted by molar-refractivity contribution is 8.01. The van der Waals surface area contributed by atoms with Gasteiger partial charge in [0.15, 0.2) is 0 Å². The van der Waals surface area contributed by atoms with Gasteiger partial charge >= 0.3 is 0 Å². The number of nitrogens with two attached hydrogens (primary N) is 1. The molecule has 2 N–H and O–H groups in total. The lowest BCUT2D eigenvalue weighted by atomic mass is 10.2. The Bertz CT molecular complexity index is 848. The zero-order chi connectivity index (χ0) is 20.8. The number of hydrogen-bond acceptors (Lipinski definition) is 5. The van der Waals surface area contributed by atoms with Crippen LogP contribution in [-0.4, -0.2) is 41.3 Å². The molecule has 0 bridgehead atoms. The fraction of sp³-hybridized carbons (Fsp3) is 0.435. The van der Waals surface area contributed by atoms with Crippen molar-refractivity contribution in [3.8, 4) is 0 Å². The third kappa shape index (κ3) is 6.17. The predicted molar refractivity (Wildman–Crippen MR) is 124 cm³/mol. The van der Waals surface area contributed by atoms with Gasteiger partial charge in [0, 0.05) is 53.0 Å². The first-order valence-electron chi connectivity index (χ1n) is 10.3. The number of amides is 1. The van der Waals surface area contributed by atoms with E-state index in [1.165, 1.54) is 25.8 Å². The van der Waals surface area contributed by atoms with Crippen LogP contribution in [0.25, 0.3) is 0 Å². The maximum atomic E-state index is 12.3. The Morgan fingerprint density at radius 2 is 1.76 bits per heavy atom. The van der Waals surface area contributed by atoms with Gasteiger partial charge < -0.3 is 10.6 Å². The number of carbonyl (C=O) groups excluding carboxylic acids is 1. The van der Waals surface area contributed by atoms with E-state index < -0.39 is 0 Å². The number of nitrogen functional groups attached to an aromatic ring is 1. The number of benzene rings is 2. The van der Waals surface area contributed by atoms with Gasteiger partial charge in [-0.1, -0.05) is 37.2 Å². The molecule has 2 aromatic rings. The van der Waals surface area contributed by atoms with Gasteiger partial charge in [0.25, 0.3) is 0 Å². The average Bonchev–Trinajstić information content (AvgIpc) is 2.71. The lowest BCUT2D eigenvalue weighted by molar-refractivity contribution is -0.132. The molecule has 0 aromatic heterocycles. The molecular weight excluding hydrogens is 398 g/mol. The fourth-order valence-electron chi connectivity index (χ4n) is 3.27. The van der Waals surface area contributed by atoms with Gasteiger partial charge in [0.1, 0.15) is 0 Å². The SMILES string of the molecule is CCCCC(=O)N1CCN(Sc2cc(N)ccc2Sc2cc(C)ccc2C)CC1. The number of nitrogens with zero attached hydrogens (tertiary/aromatic N) is 2. The van der Waals surface area contributed by atoms with Crippen LogP contribution in [0, 0.1) is 13.8 Å². The number of hydrogen-bond donors (Lipinski definition) is 1. The van der Waals surface area contributed by atoms with Crippen molar-refractivity contribution in [3.05, 3.63) is 47.5 Å². The summed E-state index contributed by atoms with van der Waals surface area (Å²) in [5.41, 5.74) is 9.43. The van der Waals surface area contributed by atoms with E-state index in [0.717, 1.165) is 44.7 Å². The van der Waals surface area contributed by atoms with Crippen LogP contribution in [0.5, 0.6) is 0 Å². The van der Waals surface area contributed by atoms with Crippen LogP contribution in [0.1, 0.15) is 37.3 Å². The minimum Gasteiger partial charge on any atom is -0.399 e. The highest BCUT2D eigenvalue weighted by Crippen LogP contribution is 2.39. The third-order valence-electron chi connectivity index (χ3n) is 5.09. The first-order valence-corrected chi connectivity index (χ1v) is 11.9. The van der Waals surface area contributed by atoms with E-state index in [0.29, 0.717) is 12.3 Å². The summed E-state index contributed by atoms with van der Waals surface area (Å²) in [6, 6.07) is 12.7. The standard InChI is InChI=1S/C23H31N3OS2/c1-4-5-6-23(27)25-11-13-26(14-12-25)29-22-16-19(24)9-10-20(22)28-21-15-17(2)7-8-18(21)3/h7-10,15-16H,4-6,11-14,24H2,1-3H3. The number of anilines is 1. The normalized spacial score (nSPS) is 14.9. The Kier molecular flexibility index (Phi) is 7.92. The average molecular weight is 430 g/mol. The summed E-state index contributed by atoms with van der Waals surface area (Å²) in [5, 5.41) is 0. The van der Waals surface area contributed by atoms with E-state index in [1.807, 2.05) is 11.0 Å². The molecular formula is C23H31N3OS2. The number of unbranched alkanes of at least 4 members (excludes halogenated alkanes) is 1. The third-order valence-corrected chi connectivity index (χ3v) is 7.62. The lowest BCUT2D eigenvalue weighted by Gasteiger charge is -2.34. The summed E-state index contributed by atoms with van der Waals surface area (Å²) in [4.78, 5) is 18.0. The van der Waals surface area contributed by atoms with Gasteiger partial charge in [-0.3, -0.25) is 4.79 Å². The zero-order valence-electron chi connectivity index (χ0n) is 17.6. The summed E-state index contributed by atoms with van der Waals surface area (Å²) >= 11 is 3.56. The maximum Gasteiger partial charge on any atom is 0.222 e. The minimum absolute atomic E-state index is 0.298. The lowest BCUT2D eigenvalue weighted by Crippen LogP contribution is -2.46. The Hall–Kier alpha value is -1.63. The topological polar surface area (TPSA) is 49.6 Å². The van der Waals surface area contributed by atoms with Crippen LogP contribution in [0.15, 0.2) is 51.1 Å². The predicted octanol–water partition coefficient (Wildman–Crippen LogP) is 5.38. The molecule has 1 aliphatic rings. The molecule has 1 aliphatic heterocycles. The van der Waals surface area contributed by atoms with Gasteiger partial charge in [-0.25, -0.2) is 4.31 Å². The van der Waals surface area contributed by atoms with Crippen LogP contribution < -0.4 is 5.73 Å². The van der Waals surface area contributed by atoms with Crippen molar-refractivity contribution in [3.63, 3.8) is 0 Å². The van der Waals surface area contributed by atoms with Crippen molar-refractivity contribution >= 4 is 35.3 Å². The van der Waals surface area contributed by atoms with Crippen molar-refractivity contribution in [1.82, 2.24) is 9.21 Å². The molecule has 1 fully saturated rings. The number of aryl methyl sites for hydroxylation is 2. The molecule has 1 saturated heterocycles. The molecule has 0 unspecified atom stereocenters. The van der Waals surface area contributed by atoms with Crippen molar-refractivity contribution in [2.75, 3.05) is 31.9 Å². The van der Waals surface area contributed by atoms with Crippen LogP contribution in [0.3, 0.4) is 0 Å². The van der Waals surface area contributed by atoms with Gasteiger partial charge in [-0.2, -0.15) is 0 Å². The first-order chi connectivity index (χ1) is 14.0. The van der Waals surface area contributed by atoms with E-state index in [2.05, 4.69) is 55.4 Å². The number of carbonyl (C=O) groups is 1. The molecule has 156 valence electrons. The molecule has 3 rings (SSSR count). The maximum absolute atomic E-state index is 12.3. The fourth-order valence-corrected chi connectivity index (χ4v) is 5.48. The highest BCUT2D eigenvalue weighted by Gasteiger charge is 2.22. The van der Waals surface area contributed by atoms with Crippen molar-refractivity contribution in [2.24, 2.45) is 0 Å². The van der Waals surface area contributed by atoms with Crippen molar-refractivity contribution in [2.45, 2.75) is 54.7 Å². The van der Waals surface area contributed by atoms with Gasteiger partial charge in [-0.15, -0.1) is 0 Å². The second kappa shape index (κ2) is 10.4. The largest absolute Gasteiger partial charge is 0.399 e. The molecule has 0 atom stereocenters. The van der Waals surface area contributed by atoms with E-state index in [4.69, 9.17) is 5.73 Å². The molecule has 0 aliphatic carbocycles. The minimum atomic E-state index is 0.298. The summed E-state index contributed by atoms with van der Waals surface area (Å²) in [5.74, 6) is 0.298. The molecule has 6 heteroatoms. The Morgan fingerprint density at radius 1 is 1.00 bits per heavy atom. The quantitative estimate of drug-likeness (QED) is 0.473. The molecule has 0 saturated carbocycles. The van der Waals surface area contributed by atoms with E-state index in [9.17, 15) is 4.79 Å². The second-order valence-corrected chi connectivity index (χ2v) is 9.80. The summed E-state index contributed by atoms with van der Waals surface area (Å²) in [7, 11) is 0. The Labute approximate surface area is 183 Å². The second-order valence-electron chi connectivity index (χ2n) is 7.58. The molecule has 29 heavy (non-hydrogen) atoms. The van der Waals surface area contributed by atoms with Gasteiger partial charge in [-0.05, 0) is 67.6 Å². The van der Waals surface area contributed by atoms with Crippen LogP contribution in [0.4, 0.5) is 5.69 Å². The highest BCUT2D eigenvalue weighted by atomic mass is 32.2. The van der Waals surface area contributed by atoms with Crippen LogP contribution in [0.2, 0.25) is 0 Å². The van der Waals surface area contributed by atoms with E-state index >= 15 is 0 Å². The summed E-state index contributed by atoms with van der Waals surface area (Å²) in [6.07, 6.45) is 2.73. The van der Waals surface area contributed by atoms with Crippen LogP contribution >= 0.6 is 23.7 Å². The van der Waals surface area contributed by atoms with E-state index in [1.54, 1.807) is 23.7 Å². The molecule has 1 heterocycles. The number of piperazine rings is 1.